The maximum Gasteiger partial charge on any atom is 0.330 e. The number of aliphatic hydroxyl groups excluding tert-OH is 3. The fraction of sp³-hybridized carbons (Fsp3) is 0.857. The molecule has 2 aliphatic heterocycles. The van der Waals surface area contributed by atoms with Gasteiger partial charge >= 0.3 is 11.9 Å². The first-order valence-corrected chi connectivity index (χ1v) is 14.0. The molecule has 0 bridgehead atoms. The number of aliphatic hydroxyl groups is 3. The lowest BCUT2D eigenvalue weighted by Gasteiger charge is -2.38. The number of ether oxygens (including phenoxy) is 3. The number of unbranched alkanes of at least 4 members (excludes halogenated alkanes) is 5. The van der Waals surface area contributed by atoms with Crippen molar-refractivity contribution >= 4 is 11.9 Å². The predicted octanol–water partition coefficient (Wildman–Crippen LogP) is 2.43. The maximum atomic E-state index is 12.1. The molecule has 0 unspecified atom stereocenters. The number of carboxylic acid groups (broad SMARTS) is 1. The van der Waals surface area contributed by atoms with Gasteiger partial charge in [-0.2, -0.15) is 0 Å². The van der Waals surface area contributed by atoms with Crippen LogP contribution in [0.4, 0.5) is 0 Å². The van der Waals surface area contributed by atoms with E-state index in [4.69, 9.17) is 19.3 Å². The summed E-state index contributed by atoms with van der Waals surface area (Å²) in [7, 11) is 3.75. The van der Waals surface area contributed by atoms with Crippen LogP contribution in [0.5, 0.6) is 0 Å². The molecule has 0 radical (unpaired) electrons. The van der Waals surface area contributed by atoms with Gasteiger partial charge in [0.1, 0.15) is 6.10 Å². The van der Waals surface area contributed by atoms with E-state index in [2.05, 4.69) is 5.32 Å². The molecule has 0 aromatic rings. The van der Waals surface area contributed by atoms with Crippen molar-refractivity contribution in [2.45, 2.75) is 115 Å². The lowest BCUT2D eigenvalue weighted by molar-refractivity contribution is -0.165. The van der Waals surface area contributed by atoms with E-state index in [1.165, 1.54) is 6.08 Å². The fourth-order valence-electron chi connectivity index (χ4n) is 4.59. The largest absolute Gasteiger partial charge is 0.481 e. The molecule has 10 nitrogen and oxygen atoms in total. The van der Waals surface area contributed by atoms with Gasteiger partial charge in [-0.25, -0.2) is 4.79 Å². The van der Waals surface area contributed by atoms with Gasteiger partial charge in [-0.05, 0) is 53.6 Å². The van der Waals surface area contributed by atoms with Crippen molar-refractivity contribution in [1.29, 1.82) is 0 Å². The molecule has 38 heavy (non-hydrogen) atoms. The highest BCUT2D eigenvalue weighted by Crippen LogP contribution is 2.38. The van der Waals surface area contributed by atoms with Crippen LogP contribution < -0.4 is 5.32 Å². The van der Waals surface area contributed by atoms with Crippen molar-refractivity contribution in [2.24, 2.45) is 11.8 Å². The van der Waals surface area contributed by atoms with E-state index in [-0.39, 0.29) is 30.5 Å². The van der Waals surface area contributed by atoms with Crippen LogP contribution in [0, 0.1) is 11.8 Å². The number of hydrogen-bond donors (Lipinski definition) is 5. The maximum absolute atomic E-state index is 12.1. The number of hydrogen-bond acceptors (Lipinski definition) is 9. The van der Waals surface area contributed by atoms with Gasteiger partial charge in [-0.3, -0.25) is 4.79 Å². The highest BCUT2D eigenvalue weighted by atomic mass is 16.6. The van der Waals surface area contributed by atoms with Crippen LogP contribution in [0.2, 0.25) is 0 Å². The monoisotopic (exact) mass is 545 g/mol. The van der Waals surface area contributed by atoms with E-state index in [1.807, 2.05) is 21.0 Å². The van der Waals surface area contributed by atoms with Crippen LogP contribution in [-0.4, -0.2) is 96.3 Å². The molecule has 2 fully saturated rings. The summed E-state index contributed by atoms with van der Waals surface area (Å²) in [5, 5.41) is 42.2. The van der Waals surface area contributed by atoms with Gasteiger partial charge in [0, 0.05) is 24.3 Å². The summed E-state index contributed by atoms with van der Waals surface area (Å²) in [5.74, 6) is -1.42. The Morgan fingerprint density at radius 2 is 1.63 bits per heavy atom. The molecule has 2 aliphatic rings. The van der Waals surface area contributed by atoms with E-state index >= 15 is 0 Å². The van der Waals surface area contributed by atoms with Gasteiger partial charge in [-0.15, -0.1) is 0 Å². The molecule has 8 atom stereocenters. The summed E-state index contributed by atoms with van der Waals surface area (Å²) in [6, 6.07) is 0. The fourth-order valence-corrected chi connectivity index (χ4v) is 4.59. The number of rotatable bonds is 16. The van der Waals surface area contributed by atoms with Crippen LogP contribution in [0.15, 0.2) is 11.6 Å². The molecule has 0 amide bonds. The molecule has 2 rings (SSSR count). The Morgan fingerprint density at radius 3 is 2.24 bits per heavy atom. The summed E-state index contributed by atoms with van der Waals surface area (Å²) in [5.41, 5.74) is 0.708. The van der Waals surface area contributed by atoms with E-state index in [9.17, 15) is 24.9 Å². The molecule has 0 spiro atoms. The number of aliphatic carboxylic acids is 1. The van der Waals surface area contributed by atoms with Gasteiger partial charge in [0.25, 0.3) is 0 Å². The minimum atomic E-state index is -1.06. The SMILES string of the molecule is C/C(=C\C(=O)OCCCCCCCCC(=O)O)C[C@@H]1OC[C@H](C[C@@H]2O[C@H]2[C@@H](C)[C@H](C)O)[C@@H](O)[C@H]1O.CNC. The summed E-state index contributed by atoms with van der Waals surface area (Å²) in [4.78, 5) is 22.5. The number of carbonyl (C=O) groups is 2. The van der Waals surface area contributed by atoms with E-state index in [1.54, 1.807) is 13.8 Å². The second-order valence-electron chi connectivity index (χ2n) is 10.7. The molecule has 0 aromatic carbocycles. The van der Waals surface area contributed by atoms with Crippen molar-refractivity contribution < 1.29 is 44.2 Å². The molecule has 5 N–H and O–H groups in total. The quantitative estimate of drug-likeness (QED) is 0.0844. The highest BCUT2D eigenvalue weighted by molar-refractivity contribution is 5.82. The number of nitrogens with one attached hydrogen (secondary N) is 1. The first kappa shape index (κ1) is 34.5. The van der Waals surface area contributed by atoms with Gasteiger partial charge in [0.2, 0.25) is 0 Å². The average molecular weight is 546 g/mol. The lowest BCUT2D eigenvalue weighted by atomic mass is 9.85. The van der Waals surface area contributed by atoms with Crippen molar-refractivity contribution in [3.8, 4) is 0 Å². The highest BCUT2D eigenvalue weighted by Gasteiger charge is 2.48. The number of esters is 1. The second kappa shape index (κ2) is 18.7. The first-order chi connectivity index (χ1) is 18.0. The zero-order valence-electron chi connectivity index (χ0n) is 23.8. The van der Waals surface area contributed by atoms with Crippen LogP contribution in [0.3, 0.4) is 0 Å². The Bertz CT molecular complexity index is 714. The molecule has 10 heteroatoms. The summed E-state index contributed by atoms with van der Waals surface area (Å²) < 4.78 is 16.7. The topological polar surface area (TPSA) is 158 Å². The lowest BCUT2D eigenvalue weighted by Crippen LogP contribution is -2.50. The average Bonchev–Trinajstić information content (AvgIpc) is 3.61. The zero-order chi connectivity index (χ0) is 28.7. The van der Waals surface area contributed by atoms with E-state index in [0.717, 1.165) is 32.1 Å². The number of carboxylic acids is 1. The van der Waals surface area contributed by atoms with Crippen molar-refractivity contribution in [3.63, 3.8) is 0 Å². The summed E-state index contributed by atoms with van der Waals surface area (Å²) >= 11 is 0. The minimum Gasteiger partial charge on any atom is -0.481 e. The smallest absolute Gasteiger partial charge is 0.330 e. The Hall–Kier alpha value is -1.56. The molecule has 222 valence electrons. The number of epoxide rings is 1. The Kier molecular flexibility index (Phi) is 16.9. The van der Waals surface area contributed by atoms with Crippen LogP contribution in [0.25, 0.3) is 0 Å². The third kappa shape index (κ3) is 13.5. The van der Waals surface area contributed by atoms with Crippen molar-refractivity contribution in [2.75, 3.05) is 27.3 Å². The first-order valence-electron chi connectivity index (χ1n) is 14.0. The Balaban J connectivity index is 0.00000229. The van der Waals surface area contributed by atoms with Crippen molar-refractivity contribution in [1.82, 2.24) is 5.32 Å². The number of carbonyl (C=O) groups excluding carboxylic acids is 1. The van der Waals surface area contributed by atoms with Crippen LogP contribution in [-0.2, 0) is 23.8 Å². The summed E-state index contributed by atoms with van der Waals surface area (Å²) in [6.07, 6.45) is 4.61. The molecule has 0 aliphatic carbocycles. The molecule has 0 aromatic heterocycles. The predicted molar refractivity (Wildman–Crippen MR) is 144 cm³/mol. The van der Waals surface area contributed by atoms with Gasteiger partial charge in [0.05, 0.1) is 43.7 Å². The Morgan fingerprint density at radius 1 is 1.03 bits per heavy atom. The van der Waals surface area contributed by atoms with Gasteiger partial charge < -0.3 is 40.0 Å². The standard InChI is InChI=1S/C26H44O9.C2H7N/c1-16(13-23(30)33-11-9-7-5-4-6-8-10-22(28)29)12-20-25(32)24(31)19(15-34-20)14-21-26(35-21)17(2)18(3)27;1-3-2/h13,17-21,24-27,31-32H,4-12,14-15H2,1-3H3,(H,28,29);3H,1-2H3/b16-13+;/t17-,18-,19-,20-,21-,24+,25-,26-;/m0./s1. The Labute approximate surface area is 227 Å². The second-order valence-corrected chi connectivity index (χ2v) is 10.7. The summed E-state index contributed by atoms with van der Waals surface area (Å²) in [6.45, 7) is 6.07. The third-order valence-corrected chi connectivity index (χ3v) is 7.09. The molecular weight excluding hydrogens is 494 g/mol. The van der Waals surface area contributed by atoms with Gasteiger partial charge in [0.15, 0.2) is 0 Å². The minimum absolute atomic E-state index is 0.0160. The molecule has 2 heterocycles. The molecular formula is C28H51NO9. The molecule has 2 saturated heterocycles. The zero-order valence-corrected chi connectivity index (χ0v) is 23.8. The third-order valence-electron chi connectivity index (χ3n) is 7.09. The van der Waals surface area contributed by atoms with E-state index in [0.29, 0.717) is 38.0 Å². The molecule has 0 saturated carbocycles. The van der Waals surface area contributed by atoms with Crippen LogP contribution in [0.1, 0.15) is 78.6 Å². The van der Waals surface area contributed by atoms with Crippen LogP contribution >= 0.6 is 0 Å². The van der Waals surface area contributed by atoms with E-state index < -0.39 is 36.4 Å². The van der Waals surface area contributed by atoms with Gasteiger partial charge in [-0.1, -0.05) is 38.2 Å². The normalized spacial score (nSPS) is 28.6. The van der Waals surface area contributed by atoms with Crippen molar-refractivity contribution in [3.05, 3.63) is 11.6 Å².